The van der Waals surface area contributed by atoms with Crippen molar-refractivity contribution in [2.45, 2.75) is 13.5 Å². The molecule has 164 valence electrons. The number of quaternary nitrogens is 1. The summed E-state index contributed by atoms with van der Waals surface area (Å²) in [7, 11) is 0. The molecule has 1 saturated heterocycles. The monoisotopic (exact) mass is 426 g/mol. The molecule has 0 radical (unpaired) electrons. The van der Waals surface area contributed by atoms with E-state index < -0.39 is 0 Å². The predicted molar refractivity (Wildman–Crippen MR) is 113 cm³/mol. The van der Waals surface area contributed by atoms with Crippen LogP contribution in [-0.4, -0.2) is 62.8 Å². The normalized spacial score (nSPS) is 15.6. The summed E-state index contributed by atoms with van der Waals surface area (Å²) < 4.78 is 16.3. The van der Waals surface area contributed by atoms with Gasteiger partial charge in [0.1, 0.15) is 12.3 Å². The summed E-state index contributed by atoms with van der Waals surface area (Å²) in [5.41, 5.74) is 1.63. The van der Waals surface area contributed by atoms with Crippen molar-refractivity contribution in [3.8, 4) is 17.2 Å². The van der Waals surface area contributed by atoms with E-state index in [1.807, 2.05) is 30.0 Å². The average Bonchev–Trinajstić information content (AvgIpc) is 3.26. The number of piperazine rings is 1. The lowest BCUT2D eigenvalue weighted by molar-refractivity contribution is -0.917. The number of hydrogen-bond donors (Lipinski definition) is 2. The van der Waals surface area contributed by atoms with E-state index in [9.17, 15) is 9.59 Å². The second-order valence-electron chi connectivity index (χ2n) is 7.61. The highest BCUT2D eigenvalue weighted by molar-refractivity contribution is 5.98. The molecule has 0 aliphatic carbocycles. The highest BCUT2D eigenvalue weighted by Crippen LogP contribution is 2.32. The van der Waals surface area contributed by atoms with Crippen molar-refractivity contribution in [2.75, 3.05) is 46.1 Å². The van der Waals surface area contributed by atoms with Crippen molar-refractivity contribution in [1.29, 1.82) is 0 Å². The third-order valence-corrected chi connectivity index (χ3v) is 5.55. The van der Waals surface area contributed by atoms with Gasteiger partial charge in [0.05, 0.1) is 44.9 Å². The third-order valence-electron chi connectivity index (χ3n) is 5.55. The van der Waals surface area contributed by atoms with Gasteiger partial charge in [-0.25, -0.2) is 0 Å². The average molecular weight is 426 g/mol. The van der Waals surface area contributed by atoms with Gasteiger partial charge in [0.15, 0.2) is 11.5 Å². The maximum atomic E-state index is 12.6. The van der Waals surface area contributed by atoms with Gasteiger partial charge in [-0.3, -0.25) is 9.59 Å². The minimum atomic E-state index is -0.301. The summed E-state index contributed by atoms with van der Waals surface area (Å²) in [5, 5.41) is 2.73. The molecule has 31 heavy (non-hydrogen) atoms. The smallest absolute Gasteiger partial charge is 0.255 e. The highest BCUT2D eigenvalue weighted by atomic mass is 16.7. The lowest BCUT2D eigenvalue weighted by Crippen LogP contribution is -3.13. The maximum absolute atomic E-state index is 12.6. The first kappa shape index (κ1) is 21.0. The third kappa shape index (κ3) is 5.08. The SMILES string of the molecule is CCOc1ccccc1C(=O)NCC(=O)N1CC[NH+](Cc2ccc3c(c2)OCO3)CC1. The Balaban J connectivity index is 1.23. The van der Waals surface area contributed by atoms with Crippen LogP contribution in [0.4, 0.5) is 0 Å². The second kappa shape index (κ2) is 9.70. The quantitative estimate of drug-likeness (QED) is 0.673. The summed E-state index contributed by atoms with van der Waals surface area (Å²) in [5.74, 6) is 1.75. The van der Waals surface area contributed by atoms with E-state index in [2.05, 4.69) is 11.4 Å². The Morgan fingerprint density at radius 2 is 1.87 bits per heavy atom. The first-order chi connectivity index (χ1) is 15.1. The minimum Gasteiger partial charge on any atom is -0.493 e. The van der Waals surface area contributed by atoms with Gasteiger partial charge < -0.3 is 29.3 Å². The van der Waals surface area contributed by atoms with E-state index >= 15 is 0 Å². The van der Waals surface area contributed by atoms with Crippen molar-refractivity contribution in [3.63, 3.8) is 0 Å². The van der Waals surface area contributed by atoms with Gasteiger partial charge in [-0.2, -0.15) is 0 Å². The topological polar surface area (TPSA) is 81.5 Å². The van der Waals surface area contributed by atoms with Crippen LogP contribution in [0.5, 0.6) is 17.2 Å². The molecule has 0 bridgehead atoms. The molecule has 8 nitrogen and oxygen atoms in total. The van der Waals surface area contributed by atoms with Crippen LogP contribution in [0, 0.1) is 0 Å². The van der Waals surface area contributed by atoms with Crippen LogP contribution >= 0.6 is 0 Å². The predicted octanol–water partition coefficient (Wildman–Crippen LogP) is 0.471. The molecule has 2 aromatic carbocycles. The minimum absolute atomic E-state index is 0.0171. The molecular formula is C23H28N3O5+. The number of carbonyl (C=O) groups is 2. The van der Waals surface area contributed by atoms with Crippen LogP contribution in [0.1, 0.15) is 22.8 Å². The van der Waals surface area contributed by atoms with Crippen LogP contribution in [0.15, 0.2) is 42.5 Å². The Morgan fingerprint density at radius 1 is 1.10 bits per heavy atom. The highest BCUT2D eigenvalue weighted by Gasteiger charge is 2.25. The summed E-state index contributed by atoms with van der Waals surface area (Å²) in [6.45, 7) is 6.55. The number of rotatable bonds is 7. The van der Waals surface area contributed by atoms with Gasteiger partial charge >= 0.3 is 0 Å². The molecule has 2 heterocycles. The maximum Gasteiger partial charge on any atom is 0.255 e. The van der Waals surface area contributed by atoms with Crippen molar-refractivity contribution in [1.82, 2.24) is 10.2 Å². The lowest BCUT2D eigenvalue weighted by atomic mass is 10.1. The summed E-state index contributed by atoms with van der Waals surface area (Å²) in [4.78, 5) is 28.3. The zero-order valence-corrected chi connectivity index (χ0v) is 17.7. The van der Waals surface area contributed by atoms with Gasteiger partial charge in [-0.15, -0.1) is 0 Å². The molecule has 0 atom stereocenters. The van der Waals surface area contributed by atoms with Crippen molar-refractivity contribution >= 4 is 11.8 Å². The molecule has 0 spiro atoms. The largest absolute Gasteiger partial charge is 0.493 e. The molecule has 2 amide bonds. The molecule has 0 saturated carbocycles. The zero-order valence-electron chi connectivity index (χ0n) is 17.7. The molecule has 1 fully saturated rings. The number of benzene rings is 2. The molecule has 2 aliphatic heterocycles. The van der Waals surface area contributed by atoms with Crippen molar-refractivity contribution in [3.05, 3.63) is 53.6 Å². The van der Waals surface area contributed by atoms with E-state index in [-0.39, 0.29) is 25.2 Å². The molecule has 0 aromatic heterocycles. The Bertz CT molecular complexity index is 941. The number of amides is 2. The summed E-state index contributed by atoms with van der Waals surface area (Å²) in [6, 6.07) is 13.1. The van der Waals surface area contributed by atoms with Crippen LogP contribution in [-0.2, 0) is 11.3 Å². The first-order valence-corrected chi connectivity index (χ1v) is 10.6. The van der Waals surface area contributed by atoms with Gasteiger partial charge in [0, 0.05) is 5.56 Å². The van der Waals surface area contributed by atoms with E-state index in [1.165, 1.54) is 10.5 Å². The van der Waals surface area contributed by atoms with Crippen LogP contribution in [0.2, 0.25) is 0 Å². The van der Waals surface area contributed by atoms with Crippen LogP contribution in [0.25, 0.3) is 0 Å². The van der Waals surface area contributed by atoms with Crippen molar-refractivity contribution in [2.24, 2.45) is 0 Å². The van der Waals surface area contributed by atoms with Crippen LogP contribution < -0.4 is 24.4 Å². The lowest BCUT2D eigenvalue weighted by Gasteiger charge is -2.32. The molecule has 2 aliphatic rings. The van der Waals surface area contributed by atoms with Gasteiger partial charge in [-0.1, -0.05) is 12.1 Å². The number of carbonyl (C=O) groups excluding carboxylic acids is 2. The zero-order chi connectivity index (χ0) is 21.6. The number of hydrogen-bond acceptors (Lipinski definition) is 5. The summed E-state index contributed by atoms with van der Waals surface area (Å²) >= 11 is 0. The molecule has 0 unspecified atom stereocenters. The fraction of sp³-hybridized carbons (Fsp3) is 0.391. The molecular weight excluding hydrogens is 398 g/mol. The fourth-order valence-corrected chi connectivity index (χ4v) is 3.89. The molecule has 2 N–H and O–H groups in total. The molecule has 8 heteroatoms. The molecule has 2 aromatic rings. The first-order valence-electron chi connectivity index (χ1n) is 10.6. The van der Waals surface area contributed by atoms with Gasteiger partial charge in [0.2, 0.25) is 12.7 Å². The van der Waals surface area contributed by atoms with E-state index in [1.54, 1.807) is 18.2 Å². The second-order valence-corrected chi connectivity index (χ2v) is 7.61. The Morgan fingerprint density at radius 3 is 2.68 bits per heavy atom. The Hall–Kier alpha value is -3.26. The number of nitrogens with zero attached hydrogens (tertiary/aromatic N) is 1. The Labute approximate surface area is 181 Å². The van der Waals surface area contributed by atoms with Gasteiger partial charge in [0.25, 0.3) is 5.91 Å². The van der Waals surface area contributed by atoms with Crippen molar-refractivity contribution < 1.29 is 28.7 Å². The van der Waals surface area contributed by atoms with E-state index in [4.69, 9.17) is 14.2 Å². The molecule has 4 rings (SSSR count). The standard InChI is InChI=1S/C23H27N3O5/c1-2-29-19-6-4-3-5-18(19)23(28)24-14-22(27)26-11-9-25(10-12-26)15-17-7-8-20-21(13-17)31-16-30-20/h3-8,13H,2,9-12,14-16H2,1H3,(H,24,28)/p+1. The number of nitrogens with one attached hydrogen (secondary N) is 2. The van der Waals surface area contributed by atoms with E-state index in [0.29, 0.717) is 31.0 Å². The Kier molecular flexibility index (Phi) is 6.57. The summed E-state index contributed by atoms with van der Waals surface area (Å²) in [6.07, 6.45) is 0. The van der Waals surface area contributed by atoms with E-state index in [0.717, 1.165) is 31.1 Å². The van der Waals surface area contributed by atoms with Gasteiger partial charge in [-0.05, 0) is 37.3 Å². The van der Waals surface area contributed by atoms with Crippen LogP contribution in [0.3, 0.4) is 0 Å². The number of para-hydroxylation sites is 1. The fourth-order valence-electron chi connectivity index (χ4n) is 3.89. The number of fused-ring (bicyclic) bond motifs is 1. The number of ether oxygens (including phenoxy) is 3.